The van der Waals surface area contributed by atoms with Crippen LogP contribution in [0.2, 0.25) is 0 Å². The molecule has 0 aromatic heterocycles. The Hall–Kier alpha value is -1.10. The molecule has 0 spiro atoms. The molecular weight excluding hydrogens is 220 g/mol. The standard InChI is InChI=1S/C12H22N2O3/c1-8(2)6-9(13)10(15)14-7-12(11(16)17)4-3-5-12/h8-9H,3-7,13H2,1-2H3,(H,14,15)(H,16,17)/t9-/m0/s1. The van der Waals surface area contributed by atoms with Gasteiger partial charge in [-0.05, 0) is 25.2 Å². The monoisotopic (exact) mass is 242 g/mol. The van der Waals surface area contributed by atoms with Gasteiger partial charge in [0.05, 0.1) is 11.5 Å². The van der Waals surface area contributed by atoms with Crippen LogP contribution in [0.3, 0.4) is 0 Å². The highest BCUT2D eigenvalue weighted by molar-refractivity contribution is 5.83. The normalized spacial score (nSPS) is 19.5. The summed E-state index contributed by atoms with van der Waals surface area (Å²) in [4.78, 5) is 22.7. The zero-order valence-corrected chi connectivity index (χ0v) is 10.5. The number of carbonyl (C=O) groups is 2. The minimum Gasteiger partial charge on any atom is -0.481 e. The molecule has 0 radical (unpaired) electrons. The van der Waals surface area contributed by atoms with E-state index in [0.717, 1.165) is 6.42 Å². The second-order valence-electron chi connectivity index (χ2n) is 5.39. The lowest BCUT2D eigenvalue weighted by Crippen LogP contribution is -2.51. The highest BCUT2D eigenvalue weighted by atomic mass is 16.4. The summed E-state index contributed by atoms with van der Waals surface area (Å²) in [5.41, 5.74) is 4.98. The average Bonchev–Trinajstić information content (AvgIpc) is 2.13. The van der Waals surface area contributed by atoms with Gasteiger partial charge in [0.15, 0.2) is 0 Å². The summed E-state index contributed by atoms with van der Waals surface area (Å²) in [7, 11) is 0. The molecule has 5 heteroatoms. The van der Waals surface area contributed by atoms with E-state index in [9.17, 15) is 9.59 Å². The zero-order chi connectivity index (χ0) is 13.1. The second-order valence-corrected chi connectivity index (χ2v) is 5.39. The first-order valence-electron chi connectivity index (χ1n) is 6.14. The lowest BCUT2D eigenvalue weighted by Gasteiger charge is -2.37. The first kappa shape index (κ1) is 14.0. The first-order chi connectivity index (χ1) is 7.87. The Kier molecular flexibility index (Phi) is 4.51. The fourth-order valence-electron chi connectivity index (χ4n) is 2.07. The maximum Gasteiger partial charge on any atom is 0.311 e. The largest absolute Gasteiger partial charge is 0.481 e. The molecule has 98 valence electrons. The van der Waals surface area contributed by atoms with Crippen LogP contribution in [-0.4, -0.2) is 29.6 Å². The van der Waals surface area contributed by atoms with E-state index in [1.165, 1.54) is 0 Å². The third-order valence-corrected chi connectivity index (χ3v) is 3.43. The summed E-state index contributed by atoms with van der Waals surface area (Å²) >= 11 is 0. The maximum atomic E-state index is 11.7. The fraction of sp³-hybridized carbons (Fsp3) is 0.833. The molecule has 1 amide bonds. The van der Waals surface area contributed by atoms with E-state index >= 15 is 0 Å². The summed E-state index contributed by atoms with van der Waals surface area (Å²) in [5, 5.41) is 11.8. The van der Waals surface area contributed by atoms with Crippen molar-refractivity contribution in [2.45, 2.75) is 45.6 Å². The van der Waals surface area contributed by atoms with Crippen LogP contribution < -0.4 is 11.1 Å². The van der Waals surface area contributed by atoms with Crippen LogP contribution in [0.25, 0.3) is 0 Å². The fourth-order valence-corrected chi connectivity index (χ4v) is 2.07. The van der Waals surface area contributed by atoms with Crippen molar-refractivity contribution in [1.82, 2.24) is 5.32 Å². The van der Waals surface area contributed by atoms with Crippen LogP contribution in [0.1, 0.15) is 39.5 Å². The van der Waals surface area contributed by atoms with Crippen LogP contribution in [0, 0.1) is 11.3 Å². The van der Waals surface area contributed by atoms with Gasteiger partial charge in [-0.1, -0.05) is 20.3 Å². The van der Waals surface area contributed by atoms with Crippen molar-refractivity contribution >= 4 is 11.9 Å². The number of aliphatic carboxylic acids is 1. The molecule has 1 saturated carbocycles. The Labute approximate surface area is 102 Å². The van der Waals surface area contributed by atoms with Crippen molar-refractivity contribution in [2.24, 2.45) is 17.1 Å². The van der Waals surface area contributed by atoms with Gasteiger partial charge in [0.2, 0.25) is 5.91 Å². The van der Waals surface area contributed by atoms with E-state index in [0.29, 0.717) is 25.2 Å². The number of carboxylic acid groups (broad SMARTS) is 1. The number of rotatable bonds is 6. The molecule has 0 aromatic rings. The molecule has 0 bridgehead atoms. The predicted molar refractivity (Wildman–Crippen MR) is 64.4 cm³/mol. The van der Waals surface area contributed by atoms with Gasteiger partial charge in [-0.3, -0.25) is 9.59 Å². The first-order valence-corrected chi connectivity index (χ1v) is 6.14. The van der Waals surface area contributed by atoms with Crippen molar-refractivity contribution in [3.8, 4) is 0 Å². The number of carbonyl (C=O) groups excluding carboxylic acids is 1. The molecule has 1 aliphatic carbocycles. The summed E-state index contributed by atoms with van der Waals surface area (Å²) < 4.78 is 0. The van der Waals surface area contributed by atoms with Gasteiger partial charge in [0, 0.05) is 6.54 Å². The number of hydrogen-bond donors (Lipinski definition) is 3. The molecule has 5 nitrogen and oxygen atoms in total. The molecular formula is C12H22N2O3. The smallest absolute Gasteiger partial charge is 0.311 e. The molecule has 17 heavy (non-hydrogen) atoms. The predicted octanol–water partition coefficient (Wildman–Crippen LogP) is 0.731. The van der Waals surface area contributed by atoms with Crippen LogP contribution in [0.5, 0.6) is 0 Å². The lowest BCUT2D eigenvalue weighted by molar-refractivity contribution is -0.154. The minimum atomic E-state index is -0.818. The molecule has 0 unspecified atom stereocenters. The van der Waals surface area contributed by atoms with E-state index < -0.39 is 17.4 Å². The van der Waals surface area contributed by atoms with E-state index in [-0.39, 0.29) is 12.5 Å². The lowest BCUT2D eigenvalue weighted by atomic mass is 9.69. The Bertz CT molecular complexity index is 298. The van der Waals surface area contributed by atoms with E-state index in [1.807, 2.05) is 13.8 Å². The Morgan fingerprint density at radius 2 is 2.00 bits per heavy atom. The molecule has 1 aliphatic rings. The number of hydrogen-bond acceptors (Lipinski definition) is 3. The summed E-state index contributed by atoms with van der Waals surface area (Å²) in [6.07, 6.45) is 2.82. The molecule has 0 aliphatic heterocycles. The quantitative estimate of drug-likeness (QED) is 0.640. The van der Waals surface area contributed by atoms with Gasteiger partial charge in [0.25, 0.3) is 0 Å². The Morgan fingerprint density at radius 1 is 1.41 bits per heavy atom. The van der Waals surface area contributed by atoms with Crippen LogP contribution in [0.4, 0.5) is 0 Å². The average molecular weight is 242 g/mol. The molecule has 1 rings (SSSR count). The van der Waals surface area contributed by atoms with Crippen molar-refractivity contribution in [3.05, 3.63) is 0 Å². The van der Waals surface area contributed by atoms with E-state index in [2.05, 4.69) is 5.32 Å². The Balaban J connectivity index is 2.39. The summed E-state index contributed by atoms with van der Waals surface area (Å²) in [5.74, 6) is -0.708. The van der Waals surface area contributed by atoms with Gasteiger partial charge in [0.1, 0.15) is 0 Å². The highest BCUT2D eigenvalue weighted by Gasteiger charge is 2.44. The number of nitrogens with two attached hydrogens (primary N) is 1. The van der Waals surface area contributed by atoms with Gasteiger partial charge in [-0.2, -0.15) is 0 Å². The van der Waals surface area contributed by atoms with Crippen molar-refractivity contribution in [2.75, 3.05) is 6.54 Å². The van der Waals surface area contributed by atoms with Gasteiger partial charge < -0.3 is 16.2 Å². The number of nitrogens with one attached hydrogen (secondary N) is 1. The van der Waals surface area contributed by atoms with Crippen LogP contribution in [-0.2, 0) is 9.59 Å². The molecule has 0 heterocycles. The molecule has 4 N–H and O–H groups in total. The molecule has 0 saturated heterocycles. The summed E-state index contributed by atoms with van der Waals surface area (Å²) in [6, 6.07) is -0.541. The molecule has 1 fully saturated rings. The Morgan fingerprint density at radius 3 is 2.35 bits per heavy atom. The van der Waals surface area contributed by atoms with Crippen molar-refractivity contribution < 1.29 is 14.7 Å². The minimum absolute atomic E-state index is 0.201. The van der Waals surface area contributed by atoms with Crippen LogP contribution in [0.15, 0.2) is 0 Å². The number of amides is 1. The SMILES string of the molecule is CC(C)C[C@H](N)C(=O)NCC1(C(=O)O)CCC1. The maximum absolute atomic E-state index is 11.7. The topological polar surface area (TPSA) is 92.4 Å². The summed E-state index contributed by atoms with van der Waals surface area (Å²) in [6.45, 7) is 4.20. The molecule has 0 aromatic carbocycles. The van der Waals surface area contributed by atoms with Crippen LogP contribution >= 0.6 is 0 Å². The highest BCUT2D eigenvalue weighted by Crippen LogP contribution is 2.40. The van der Waals surface area contributed by atoms with Gasteiger partial charge >= 0.3 is 5.97 Å². The third-order valence-electron chi connectivity index (χ3n) is 3.43. The van der Waals surface area contributed by atoms with Gasteiger partial charge in [-0.25, -0.2) is 0 Å². The van der Waals surface area contributed by atoms with Crippen molar-refractivity contribution in [1.29, 1.82) is 0 Å². The van der Waals surface area contributed by atoms with E-state index in [1.54, 1.807) is 0 Å². The molecule has 1 atom stereocenters. The van der Waals surface area contributed by atoms with Crippen molar-refractivity contribution in [3.63, 3.8) is 0 Å². The van der Waals surface area contributed by atoms with E-state index in [4.69, 9.17) is 10.8 Å². The second kappa shape index (κ2) is 5.49. The number of carboxylic acids is 1. The van der Waals surface area contributed by atoms with Gasteiger partial charge in [-0.15, -0.1) is 0 Å². The zero-order valence-electron chi connectivity index (χ0n) is 10.5. The third kappa shape index (κ3) is 3.43.